The van der Waals surface area contributed by atoms with E-state index in [0.29, 0.717) is 6.04 Å². The molecule has 0 aliphatic carbocycles. The van der Waals surface area contributed by atoms with E-state index in [1.54, 1.807) is 0 Å². The number of H-pyrrole nitrogens is 1. The molecule has 0 spiro atoms. The van der Waals surface area contributed by atoms with E-state index in [2.05, 4.69) is 20.9 Å². The van der Waals surface area contributed by atoms with Crippen molar-refractivity contribution in [3.8, 4) is 0 Å². The van der Waals surface area contributed by atoms with E-state index in [0.717, 1.165) is 36.4 Å². The van der Waals surface area contributed by atoms with Crippen molar-refractivity contribution in [2.75, 3.05) is 18.1 Å². The third-order valence-corrected chi connectivity index (χ3v) is 3.72. The fraction of sp³-hybridized carbons (Fsp3) is 0.500. The maximum Gasteiger partial charge on any atom is 0.204 e. The molecule has 0 amide bonds. The van der Waals surface area contributed by atoms with Gasteiger partial charge in [-0.1, -0.05) is 12.1 Å². The number of nitrogens with zero attached hydrogens (tertiary/aromatic N) is 2. The van der Waals surface area contributed by atoms with E-state index < -0.39 is 0 Å². The molecular weight excluding hydrogens is 226 g/mol. The SMILES string of the molecule is OCCCC1CCCN1c1nc2ccccc2[nH]1. The minimum Gasteiger partial charge on any atom is -0.396 e. The highest BCUT2D eigenvalue weighted by atomic mass is 16.2. The first-order chi connectivity index (χ1) is 8.88. The van der Waals surface area contributed by atoms with Crippen molar-refractivity contribution in [1.82, 2.24) is 9.97 Å². The van der Waals surface area contributed by atoms with Crippen molar-refractivity contribution >= 4 is 17.0 Å². The van der Waals surface area contributed by atoms with Crippen LogP contribution >= 0.6 is 0 Å². The molecule has 3 rings (SSSR count). The average molecular weight is 245 g/mol. The summed E-state index contributed by atoms with van der Waals surface area (Å²) in [6.45, 7) is 1.35. The van der Waals surface area contributed by atoms with Gasteiger partial charge in [0.15, 0.2) is 0 Å². The lowest BCUT2D eigenvalue weighted by Crippen LogP contribution is -2.30. The summed E-state index contributed by atoms with van der Waals surface area (Å²) in [5, 5.41) is 8.96. The molecule has 1 unspecified atom stereocenters. The number of fused-ring (bicyclic) bond motifs is 1. The molecule has 0 saturated carbocycles. The summed E-state index contributed by atoms with van der Waals surface area (Å²) in [5.74, 6) is 0.983. The molecule has 1 aromatic carbocycles. The van der Waals surface area contributed by atoms with Gasteiger partial charge < -0.3 is 15.0 Å². The van der Waals surface area contributed by atoms with Crippen LogP contribution in [-0.4, -0.2) is 34.3 Å². The van der Waals surface area contributed by atoms with E-state index in [1.165, 1.54) is 12.8 Å². The Hall–Kier alpha value is -1.55. The van der Waals surface area contributed by atoms with Crippen LogP contribution < -0.4 is 4.90 Å². The van der Waals surface area contributed by atoms with Crippen molar-refractivity contribution in [2.24, 2.45) is 0 Å². The van der Waals surface area contributed by atoms with Crippen molar-refractivity contribution < 1.29 is 5.11 Å². The first kappa shape index (κ1) is 11.5. The van der Waals surface area contributed by atoms with Crippen LogP contribution in [-0.2, 0) is 0 Å². The highest BCUT2D eigenvalue weighted by Gasteiger charge is 2.26. The Labute approximate surface area is 107 Å². The van der Waals surface area contributed by atoms with E-state index in [9.17, 15) is 0 Å². The predicted octanol–water partition coefficient (Wildman–Crippen LogP) is 2.30. The molecular formula is C14H19N3O. The number of para-hydroxylation sites is 2. The third-order valence-electron chi connectivity index (χ3n) is 3.72. The number of aromatic nitrogens is 2. The van der Waals surface area contributed by atoms with Crippen LogP contribution in [0.1, 0.15) is 25.7 Å². The number of hydrogen-bond donors (Lipinski definition) is 2. The van der Waals surface area contributed by atoms with Crippen LogP contribution in [0.15, 0.2) is 24.3 Å². The minimum absolute atomic E-state index is 0.282. The summed E-state index contributed by atoms with van der Waals surface area (Å²) >= 11 is 0. The van der Waals surface area contributed by atoms with E-state index >= 15 is 0 Å². The number of aliphatic hydroxyl groups is 1. The first-order valence-corrected chi connectivity index (χ1v) is 6.71. The second kappa shape index (κ2) is 4.98. The molecule has 1 saturated heterocycles. The quantitative estimate of drug-likeness (QED) is 0.869. The summed E-state index contributed by atoms with van der Waals surface area (Å²) in [4.78, 5) is 10.4. The topological polar surface area (TPSA) is 52.1 Å². The smallest absolute Gasteiger partial charge is 0.204 e. The van der Waals surface area contributed by atoms with Gasteiger partial charge in [-0.2, -0.15) is 0 Å². The van der Waals surface area contributed by atoms with Gasteiger partial charge in [0.05, 0.1) is 11.0 Å². The number of aliphatic hydroxyl groups excluding tert-OH is 1. The van der Waals surface area contributed by atoms with Gasteiger partial charge in [0, 0.05) is 19.2 Å². The number of imidazole rings is 1. The zero-order valence-corrected chi connectivity index (χ0v) is 10.5. The number of hydrogen-bond acceptors (Lipinski definition) is 3. The van der Waals surface area contributed by atoms with Crippen LogP contribution in [0.4, 0.5) is 5.95 Å². The highest BCUT2D eigenvalue weighted by molar-refractivity contribution is 5.77. The average Bonchev–Trinajstić information content (AvgIpc) is 3.01. The third kappa shape index (κ3) is 2.08. The minimum atomic E-state index is 0.282. The maximum atomic E-state index is 8.96. The second-order valence-corrected chi connectivity index (χ2v) is 4.93. The van der Waals surface area contributed by atoms with Gasteiger partial charge in [-0.3, -0.25) is 0 Å². The Morgan fingerprint density at radius 2 is 2.28 bits per heavy atom. The predicted molar refractivity (Wildman–Crippen MR) is 72.8 cm³/mol. The Morgan fingerprint density at radius 3 is 3.11 bits per heavy atom. The first-order valence-electron chi connectivity index (χ1n) is 6.71. The van der Waals surface area contributed by atoms with Crippen molar-refractivity contribution in [3.63, 3.8) is 0 Å². The van der Waals surface area contributed by atoms with E-state index in [1.807, 2.05) is 18.2 Å². The fourth-order valence-electron chi connectivity index (χ4n) is 2.82. The second-order valence-electron chi connectivity index (χ2n) is 4.93. The van der Waals surface area contributed by atoms with Gasteiger partial charge in [-0.05, 0) is 37.8 Å². The monoisotopic (exact) mass is 245 g/mol. The number of nitrogens with one attached hydrogen (secondary N) is 1. The standard InChI is InChI=1S/C14H19N3O/c18-10-4-6-11-5-3-9-17(11)14-15-12-7-1-2-8-13(12)16-14/h1-2,7-8,11,18H,3-6,9-10H2,(H,15,16). The summed E-state index contributed by atoms with van der Waals surface area (Å²) in [7, 11) is 0. The number of rotatable bonds is 4. The summed E-state index contributed by atoms with van der Waals surface area (Å²) in [6.07, 6.45) is 4.35. The molecule has 1 aliphatic heterocycles. The molecule has 2 aromatic rings. The molecule has 18 heavy (non-hydrogen) atoms. The molecule has 2 heterocycles. The number of anilines is 1. The molecule has 1 aromatic heterocycles. The normalized spacial score (nSPS) is 19.8. The largest absolute Gasteiger partial charge is 0.396 e. The fourth-order valence-corrected chi connectivity index (χ4v) is 2.82. The molecule has 96 valence electrons. The number of aromatic amines is 1. The van der Waals surface area contributed by atoms with Gasteiger partial charge in [-0.15, -0.1) is 0 Å². The van der Waals surface area contributed by atoms with Gasteiger partial charge in [0.25, 0.3) is 0 Å². The molecule has 0 bridgehead atoms. The molecule has 2 N–H and O–H groups in total. The summed E-state index contributed by atoms with van der Waals surface area (Å²) < 4.78 is 0. The lowest BCUT2D eigenvalue weighted by atomic mass is 10.1. The highest BCUT2D eigenvalue weighted by Crippen LogP contribution is 2.27. The molecule has 0 radical (unpaired) electrons. The van der Waals surface area contributed by atoms with Crippen molar-refractivity contribution in [1.29, 1.82) is 0 Å². The zero-order valence-electron chi connectivity index (χ0n) is 10.5. The maximum absolute atomic E-state index is 8.96. The summed E-state index contributed by atoms with van der Waals surface area (Å²) in [5.41, 5.74) is 2.13. The lowest BCUT2D eigenvalue weighted by Gasteiger charge is -2.23. The molecule has 1 aliphatic rings. The van der Waals surface area contributed by atoms with Gasteiger partial charge in [0.1, 0.15) is 0 Å². The van der Waals surface area contributed by atoms with Crippen LogP contribution in [0.5, 0.6) is 0 Å². The van der Waals surface area contributed by atoms with Crippen LogP contribution in [0, 0.1) is 0 Å². The van der Waals surface area contributed by atoms with Crippen LogP contribution in [0.25, 0.3) is 11.0 Å². The Bertz CT molecular complexity index is 489. The van der Waals surface area contributed by atoms with Crippen LogP contribution in [0.2, 0.25) is 0 Å². The Kier molecular flexibility index (Phi) is 3.19. The molecule has 1 fully saturated rings. The van der Waals surface area contributed by atoms with Crippen molar-refractivity contribution in [3.05, 3.63) is 24.3 Å². The van der Waals surface area contributed by atoms with E-state index in [4.69, 9.17) is 5.11 Å². The van der Waals surface area contributed by atoms with E-state index in [-0.39, 0.29) is 6.61 Å². The Balaban J connectivity index is 1.84. The molecule has 4 nitrogen and oxygen atoms in total. The lowest BCUT2D eigenvalue weighted by molar-refractivity contribution is 0.279. The molecule has 1 atom stereocenters. The van der Waals surface area contributed by atoms with Gasteiger partial charge in [-0.25, -0.2) is 4.98 Å². The van der Waals surface area contributed by atoms with Gasteiger partial charge >= 0.3 is 0 Å². The van der Waals surface area contributed by atoms with Crippen LogP contribution in [0.3, 0.4) is 0 Å². The van der Waals surface area contributed by atoms with Gasteiger partial charge in [0.2, 0.25) is 5.95 Å². The Morgan fingerprint density at radius 1 is 1.39 bits per heavy atom. The zero-order chi connectivity index (χ0) is 12.4. The number of benzene rings is 1. The summed E-state index contributed by atoms with van der Waals surface area (Å²) in [6, 6.07) is 8.66. The van der Waals surface area contributed by atoms with Crippen molar-refractivity contribution in [2.45, 2.75) is 31.7 Å². The molecule has 4 heteroatoms.